The maximum Gasteiger partial charge on any atom is 0.118 e. The predicted octanol–water partition coefficient (Wildman–Crippen LogP) is 4.59. The molecule has 2 aromatic rings. The van der Waals surface area contributed by atoms with Gasteiger partial charge in [0.2, 0.25) is 0 Å². The van der Waals surface area contributed by atoms with E-state index in [2.05, 4.69) is 33.8 Å². The molecule has 0 unspecified atom stereocenters. The van der Waals surface area contributed by atoms with Crippen LogP contribution in [0.25, 0.3) is 6.08 Å². The zero-order valence-corrected chi connectivity index (χ0v) is 13.3. The molecule has 4 heteroatoms. The van der Waals surface area contributed by atoms with Crippen LogP contribution in [-0.2, 0) is 6.54 Å². The first-order valence-corrected chi connectivity index (χ1v) is 7.15. The molecule has 0 spiro atoms. The number of aromatic nitrogens is 2. The van der Waals surface area contributed by atoms with E-state index >= 15 is 0 Å². The number of imidazole rings is 1. The van der Waals surface area contributed by atoms with Crippen molar-refractivity contribution >= 4 is 18.5 Å². The molecule has 0 fully saturated rings. The molecule has 0 atom stereocenters. The molecule has 0 amide bonds. The fourth-order valence-electron chi connectivity index (χ4n) is 2.09. The lowest BCUT2D eigenvalue weighted by molar-refractivity contribution is 0.415. The summed E-state index contributed by atoms with van der Waals surface area (Å²) in [5.41, 5.74) is 1.23. The van der Waals surface area contributed by atoms with Gasteiger partial charge >= 0.3 is 0 Å². The summed E-state index contributed by atoms with van der Waals surface area (Å²) in [5.74, 6) is 0.904. The Hall–Kier alpha value is -1.74. The zero-order chi connectivity index (χ0) is 14.0. The van der Waals surface area contributed by atoms with Crippen molar-refractivity contribution in [2.75, 3.05) is 7.11 Å². The highest BCUT2D eigenvalue weighted by Crippen LogP contribution is 2.13. The molecule has 0 radical (unpaired) electrons. The van der Waals surface area contributed by atoms with Crippen LogP contribution in [-0.4, -0.2) is 16.7 Å². The smallest absolute Gasteiger partial charge is 0.118 e. The topological polar surface area (TPSA) is 27.1 Å². The third-order valence-corrected chi connectivity index (χ3v) is 3.27. The van der Waals surface area contributed by atoms with Gasteiger partial charge in [-0.1, -0.05) is 30.7 Å². The second kappa shape index (κ2) is 10.1. The Bertz CT molecular complexity index is 506. The molecule has 0 saturated carbocycles. The fraction of sp³-hybridized carbons (Fsp3) is 0.353. The van der Waals surface area contributed by atoms with E-state index in [1.807, 2.05) is 30.9 Å². The zero-order valence-electron chi connectivity index (χ0n) is 12.4. The van der Waals surface area contributed by atoms with Crippen LogP contribution in [0.4, 0.5) is 0 Å². The van der Waals surface area contributed by atoms with Crippen LogP contribution >= 0.6 is 12.4 Å². The first-order chi connectivity index (χ1) is 9.88. The van der Waals surface area contributed by atoms with E-state index in [0.717, 1.165) is 18.7 Å². The number of hydrogen-bond donors (Lipinski definition) is 0. The Labute approximate surface area is 133 Å². The maximum atomic E-state index is 5.14. The number of hydrogen-bond acceptors (Lipinski definition) is 2. The molecule has 0 saturated heterocycles. The molecule has 0 aliphatic rings. The van der Waals surface area contributed by atoms with Crippen LogP contribution in [0.3, 0.4) is 0 Å². The Balaban J connectivity index is 0.00000220. The van der Waals surface area contributed by atoms with Crippen molar-refractivity contribution in [3.63, 3.8) is 0 Å². The Kier molecular flexibility index (Phi) is 8.29. The van der Waals surface area contributed by atoms with Crippen LogP contribution in [0.2, 0.25) is 0 Å². The normalized spacial score (nSPS) is 10.5. The molecular formula is C17H23ClN2O. The van der Waals surface area contributed by atoms with Gasteiger partial charge in [0.05, 0.1) is 13.4 Å². The summed E-state index contributed by atoms with van der Waals surface area (Å²) in [5, 5.41) is 0. The van der Waals surface area contributed by atoms with Gasteiger partial charge in [-0.3, -0.25) is 0 Å². The molecule has 0 aliphatic heterocycles. The average Bonchev–Trinajstić information content (AvgIpc) is 3.00. The molecule has 114 valence electrons. The van der Waals surface area contributed by atoms with E-state index < -0.39 is 0 Å². The Morgan fingerprint density at radius 1 is 1.14 bits per heavy atom. The first-order valence-electron chi connectivity index (χ1n) is 7.15. The van der Waals surface area contributed by atoms with Gasteiger partial charge in [0, 0.05) is 18.9 Å². The molecule has 2 rings (SSSR count). The van der Waals surface area contributed by atoms with Crippen molar-refractivity contribution in [2.45, 2.75) is 32.2 Å². The summed E-state index contributed by atoms with van der Waals surface area (Å²) >= 11 is 0. The number of allylic oxidation sites excluding steroid dienone is 1. The Morgan fingerprint density at radius 2 is 1.95 bits per heavy atom. The summed E-state index contributed by atoms with van der Waals surface area (Å²) < 4.78 is 7.27. The van der Waals surface area contributed by atoms with Crippen molar-refractivity contribution in [1.29, 1.82) is 0 Å². The quantitative estimate of drug-likeness (QED) is 0.667. The standard InChI is InChI=1S/C17H22N2O.ClH/c1-20-17-10-8-16(9-11-17)7-5-3-2-4-6-13-19-14-12-18-15-19;/h5,7-12,14-15H,2-4,6,13H2,1H3;1H/b7-5+;. The number of ether oxygens (including phenoxy) is 1. The van der Waals surface area contributed by atoms with Crippen LogP contribution in [0.5, 0.6) is 5.75 Å². The predicted molar refractivity (Wildman–Crippen MR) is 90.0 cm³/mol. The Morgan fingerprint density at radius 3 is 2.62 bits per heavy atom. The van der Waals surface area contributed by atoms with Gasteiger partial charge in [0.1, 0.15) is 5.75 Å². The van der Waals surface area contributed by atoms with Crippen LogP contribution < -0.4 is 4.74 Å². The van der Waals surface area contributed by atoms with Gasteiger partial charge in [-0.15, -0.1) is 12.4 Å². The van der Waals surface area contributed by atoms with Gasteiger partial charge in [0.15, 0.2) is 0 Å². The van der Waals surface area contributed by atoms with E-state index in [1.165, 1.54) is 24.8 Å². The molecule has 1 aromatic heterocycles. The minimum atomic E-state index is 0. The number of rotatable bonds is 8. The summed E-state index contributed by atoms with van der Waals surface area (Å²) in [6.07, 6.45) is 15.0. The van der Waals surface area contributed by atoms with Crippen molar-refractivity contribution in [1.82, 2.24) is 9.55 Å². The van der Waals surface area contributed by atoms with Crippen molar-refractivity contribution in [2.24, 2.45) is 0 Å². The molecule has 1 heterocycles. The number of nitrogens with zero attached hydrogens (tertiary/aromatic N) is 2. The molecule has 0 bridgehead atoms. The molecule has 3 nitrogen and oxygen atoms in total. The average molecular weight is 307 g/mol. The lowest BCUT2D eigenvalue weighted by Crippen LogP contribution is -1.93. The molecule has 0 aliphatic carbocycles. The van der Waals surface area contributed by atoms with E-state index in [9.17, 15) is 0 Å². The highest BCUT2D eigenvalue weighted by molar-refractivity contribution is 5.85. The van der Waals surface area contributed by atoms with Crippen LogP contribution in [0, 0.1) is 0 Å². The van der Waals surface area contributed by atoms with Gasteiger partial charge < -0.3 is 9.30 Å². The van der Waals surface area contributed by atoms with Gasteiger partial charge in [0.25, 0.3) is 0 Å². The molecule has 0 N–H and O–H groups in total. The number of benzene rings is 1. The SMILES string of the molecule is COc1ccc(/C=C/CCCCCn2ccnc2)cc1.Cl. The van der Waals surface area contributed by atoms with Gasteiger partial charge in [-0.25, -0.2) is 4.98 Å². The lowest BCUT2D eigenvalue weighted by atomic mass is 10.1. The van der Waals surface area contributed by atoms with Gasteiger partial charge in [-0.2, -0.15) is 0 Å². The third-order valence-electron chi connectivity index (χ3n) is 3.27. The van der Waals surface area contributed by atoms with Crippen molar-refractivity contribution in [3.05, 3.63) is 54.6 Å². The number of halogens is 1. The second-order valence-corrected chi connectivity index (χ2v) is 4.83. The summed E-state index contributed by atoms with van der Waals surface area (Å²) in [6, 6.07) is 8.14. The van der Waals surface area contributed by atoms with E-state index in [0.29, 0.717) is 0 Å². The number of aryl methyl sites for hydroxylation is 1. The summed E-state index contributed by atoms with van der Waals surface area (Å²) in [6.45, 7) is 1.07. The first kappa shape index (κ1) is 17.3. The van der Waals surface area contributed by atoms with Crippen LogP contribution in [0.15, 0.2) is 49.1 Å². The maximum absolute atomic E-state index is 5.14. The minimum Gasteiger partial charge on any atom is -0.497 e. The molecular weight excluding hydrogens is 284 g/mol. The lowest BCUT2D eigenvalue weighted by Gasteiger charge is -2.01. The van der Waals surface area contributed by atoms with Crippen LogP contribution in [0.1, 0.15) is 31.2 Å². The second-order valence-electron chi connectivity index (χ2n) is 4.83. The van der Waals surface area contributed by atoms with E-state index in [4.69, 9.17) is 4.74 Å². The van der Waals surface area contributed by atoms with Crippen molar-refractivity contribution in [3.8, 4) is 5.75 Å². The summed E-state index contributed by atoms with van der Waals surface area (Å²) in [7, 11) is 1.69. The third kappa shape index (κ3) is 6.50. The molecule has 21 heavy (non-hydrogen) atoms. The largest absolute Gasteiger partial charge is 0.497 e. The highest BCUT2D eigenvalue weighted by Gasteiger charge is 1.92. The molecule has 1 aromatic carbocycles. The fourth-order valence-corrected chi connectivity index (χ4v) is 2.09. The van der Waals surface area contributed by atoms with Crippen molar-refractivity contribution < 1.29 is 4.74 Å². The minimum absolute atomic E-state index is 0. The number of methoxy groups -OCH3 is 1. The van der Waals surface area contributed by atoms with Gasteiger partial charge in [-0.05, 0) is 37.0 Å². The van der Waals surface area contributed by atoms with E-state index in [1.54, 1.807) is 7.11 Å². The monoisotopic (exact) mass is 306 g/mol. The summed E-state index contributed by atoms with van der Waals surface area (Å²) in [4.78, 5) is 4.04. The highest BCUT2D eigenvalue weighted by atomic mass is 35.5. The number of unbranched alkanes of at least 4 members (excludes halogenated alkanes) is 3. The van der Waals surface area contributed by atoms with E-state index in [-0.39, 0.29) is 12.4 Å².